The lowest BCUT2D eigenvalue weighted by Gasteiger charge is -2.36. The topological polar surface area (TPSA) is 41.3 Å². The molecule has 0 aromatic heterocycles. The Bertz CT molecular complexity index is 379. The van der Waals surface area contributed by atoms with Crippen molar-refractivity contribution in [3.05, 3.63) is 29.3 Å². The number of nitrogens with two attached hydrogens (primary N) is 1. The van der Waals surface area contributed by atoms with Crippen molar-refractivity contribution in [3.8, 4) is 0 Å². The Balaban J connectivity index is 2.07. The van der Waals surface area contributed by atoms with Gasteiger partial charge in [-0.15, -0.1) is 0 Å². The van der Waals surface area contributed by atoms with E-state index < -0.39 is 0 Å². The lowest BCUT2D eigenvalue weighted by atomic mass is 10.1. The van der Waals surface area contributed by atoms with Crippen molar-refractivity contribution in [3.63, 3.8) is 0 Å². The quantitative estimate of drug-likeness (QED) is 0.765. The van der Waals surface area contributed by atoms with Gasteiger partial charge in [-0.2, -0.15) is 0 Å². The van der Waals surface area contributed by atoms with Crippen molar-refractivity contribution in [2.24, 2.45) is 0 Å². The molecular formula is C14H23N3. The van der Waals surface area contributed by atoms with Gasteiger partial charge in [-0.25, -0.2) is 0 Å². The molecule has 1 aromatic carbocycles. The minimum atomic E-state index is 0.570. The van der Waals surface area contributed by atoms with Crippen molar-refractivity contribution < 1.29 is 0 Å². The van der Waals surface area contributed by atoms with Crippen LogP contribution in [0.15, 0.2) is 18.2 Å². The van der Waals surface area contributed by atoms with Crippen LogP contribution in [-0.4, -0.2) is 30.1 Å². The minimum absolute atomic E-state index is 0.570. The summed E-state index contributed by atoms with van der Waals surface area (Å²) in [5.74, 6) is 0. The van der Waals surface area contributed by atoms with Crippen molar-refractivity contribution in [2.45, 2.75) is 39.4 Å². The zero-order valence-electron chi connectivity index (χ0n) is 11.0. The average molecular weight is 233 g/mol. The summed E-state index contributed by atoms with van der Waals surface area (Å²) in [6, 6.07) is 7.33. The summed E-state index contributed by atoms with van der Waals surface area (Å²) in [5, 5.41) is 3.55. The molecule has 1 saturated heterocycles. The van der Waals surface area contributed by atoms with Crippen molar-refractivity contribution in [2.75, 3.05) is 18.8 Å². The molecule has 0 amide bonds. The number of nitrogens with one attached hydrogen (secondary N) is 1. The summed E-state index contributed by atoms with van der Waals surface area (Å²) in [6.07, 6.45) is 0. The Hall–Kier alpha value is -1.06. The Morgan fingerprint density at radius 2 is 1.94 bits per heavy atom. The van der Waals surface area contributed by atoms with Crippen LogP contribution in [0.4, 0.5) is 5.69 Å². The van der Waals surface area contributed by atoms with Crippen molar-refractivity contribution >= 4 is 5.69 Å². The Labute approximate surface area is 104 Å². The third kappa shape index (κ3) is 3.20. The second kappa shape index (κ2) is 5.07. The SMILES string of the molecule is Cc1ccc(N)cc1CN1CC(C)NC(C)C1. The van der Waals surface area contributed by atoms with Gasteiger partial charge in [0.15, 0.2) is 0 Å². The second-order valence-electron chi connectivity index (χ2n) is 5.35. The molecule has 3 heteroatoms. The summed E-state index contributed by atoms with van der Waals surface area (Å²) in [4.78, 5) is 2.51. The first-order valence-corrected chi connectivity index (χ1v) is 6.38. The van der Waals surface area contributed by atoms with E-state index in [1.807, 2.05) is 6.07 Å². The van der Waals surface area contributed by atoms with E-state index in [0.29, 0.717) is 12.1 Å². The number of hydrogen-bond acceptors (Lipinski definition) is 3. The van der Waals surface area contributed by atoms with Crippen LogP contribution in [0.1, 0.15) is 25.0 Å². The highest BCUT2D eigenvalue weighted by atomic mass is 15.2. The molecule has 0 spiro atoms. The zero-order valence-corrected chi connectivity index (χ0v) is 11.0. The molecule has 94 valence electrons. The second-order valence-corrected chi connectivity index (χ2v) is 5.35. The molecule has 3 N–H and O–H groups in total. The Morgan fingerprint density at radius 1 is 1.29 bits per heavy atom. The molecular weight excluding hydrogens is 210 g/mol. The van der Waals surface area contributed by atoms with E-state index in [1.54, 1.807) is 0 Å². The lowest BCUT2D eigenvalue weighted by Crippen LogP contribution is -2.53. The fourth-order valence-corrected chi connectivity index (χ4v) is 2.67. The van der Waals surface area contributed by atoms with E-state index >= 15 is 0 Å². The first-order chi connectivity index (χ1) is 8.04. The lowest BCUT2D eigenvalue weighted by molar-refractivity contribution is 0.166. The van der Waals surface area contributed by atoms with Crippen LogP contribution >= 0.6 is 0 Å². The molecule has 0 radical (unpaired) electrons. The van der Waals surface area contributed by atoms with Gasteiger partial charge in [-0.3, -0.25) is 4.90 Å². The zero-order chi connectivity index (χ0) is 12.4. The van der Waals surface area contributed by atoms with Gasteiger partial charge in [0, 0.05) is 37.4 Å². The van der Waals surface area contributed by atoms with Gasteiger partial charge in [0.2, 0.25) is 0 Å². The first-order valence-electron chi connectivity index (χ1n) is 6.38. The standard InChI is InChI=1S/C14H23N3/c1-10-4-5-14(15)6-13(10)9-17-7-11(2)16-12(3)8-17/h4-6,11-12,16H,7-9,15H2,1-3H3. The summed E-state index contributed by atoms with van der Waals surface area (Å²) in [5.41, 5.74) is 9.40. The maximum absolute atomic E-state index is 5.86. The van der Waals surface area contributed by atoms with Crippen LogP contribution < -0.4 is 11.1 Å². The van der Waals surface area contributed by atoms with Gasteiger partial charge >= 0.3 is 0 Å². The molecule has 3 nitrogen and oxygen atoms in total. The maximum atomic E-state index is 5.86. The monoisotopic (exact) mass is 233 g/mol. The smallest absolute Gasteiger partial charge is 0.0317 e. The van der Waals surface area contributed by atoms with Crippen LogP contribution in [0.3, 0.4) is 0 Å². The van der Waals surface area contributed by atoms with Gasteiger partial charge in [0.1, 0.15) is 0 Å². The fraction of sp³-hybridized carbons (Fsp3) is 0.571. The minimum Gasteiger partial charge on any atom is -0.399 e. The van der Waals surface area contributed by atoms with E-state index in [4.69, 9.17) is 5.73 Å². The van der Waals surface area contributed by atoms with Crippen LogP contribution in [0.2, 0.25) is 0 Å². The number of benzene rings is 1. The maximum Gasteiger partial charge on any atom is 0.0317 e. The summed E-state index contributed by atoms with van der Waals surface area (Å²) in [6.45, 7) is 9.87. The molecule has 0 aliphatic carbocycles. The van der Waals surface area contributed by atoms with E-state index in [-0.39, 0.29) is 0 Å². The third-order valence-electron chi connectivity index (χ3n) is 3.40. The Kier molecular flexibility index (Phi) is 3.69. The molecule has 1 aliphatic heterocycles. The van der Waals surface area contributed by atoms with Crippen LogP contribution in [-0.2, 0) is 6.54 Å². The van der Waals surface area contributed by atoms with Crippen LogP contribution in [0.5, 0.6) is 0 Å². The summed E-state index contributed by atoms with van der Waals surface area (Å²) >= 11 is 0. The molecule has 1 fully saturated rings. The number of anilines is 1. The largest absolute Gasteiger partial charge is 0.399 e. The first kappa shape index (κ1) is 12.4. The molecule has 2 atom stereocenters. The van der Waals surface area contributed by atoms with Gasteiger partial charge in [-0.1, -0.05) is 6.07 Å². The fourth-order valence-electron chi connectivity index (χ4n) is 2.67. The molecule has 1 heterocycles. The highest BCUT2D eigenvalue weighted by Crippen LogP contribution is 2.16. The molecule has 1 aromatic rings. The molecule has 0 bridgehead atoms. The third-order valence-corrected chi connectivity index (χ3v) is 3.40. The normalized spacial score (nSPS) is 26.1. The van der Waals surface area contributed by atoms with Crippen molar-refractivity contribution in [1.29, 1.82) is 0 Å². The van der Waals surface area contributed by atoms with Gasteiger partial charge in [0.25, 0.3) is 0 Å². The van der Waals surface area contributed by atoms with Crippen molar-refractivity contribution in [1.82, 2.24) is 10.2 Å². The average Bonchev–Trinajstić information content (AvgIpc) is 2.22. The van der Waals surface area contributed by atoms with Crippen LogP contribution in [0.25, 0.3) is 0 Å². The van der Waals surface area contributed by atoms with E-state index in [1.165, 1.54) is 11.1 Å². The van der Waals surface area contributed by atoms with Gasteiger partial charge < -0.3 is 11.1 Å². The Morgan fingerprint density at radius 3 is 2.59 bits per heavy atom. The molecule has 0 saturated carbocycles. The number of aryl methyl sites for hydroxylation is 1. The summed E-state index contributed by atoms with van der Waals surface area (Å²) in [7, 11) is 0. The highest BCUT2D eigenvalue weighted by molar-refractivity contribution is 5.44. The van der Waals surface area contributed by atoms with E-state index in [2.05, 4.69) is 43.1 Å². The number of nitrogens with zero attached hydrogens (tertiary/aromatic N) is 1. The molecule has 17 heavy (non-hydrogen) atoms. The number of nitrogen functional groups attached to an aromatic ring is 1. The number of rotatable bonds is 2. The van der Waals surface area contributed by atoms with Gasteiger partial charge in [-0.05, 0) is 44.0 Å². The predicted octanol–water partition coefficient (Wildman–Crippen LogP) is 1.76. The van der Waals surface area contributed by atoms with E-state index in [0.717, 1.165) is 25.3 Å². The highest BCUT2D eigenvalue weighted by Gasteiger charge is 2.21. The van der Waals surface area contributed by atoms with Gasteiger partial charge in [0.05, 0.1) is 0 Å². The molecule has 1 aliphatic rings. The number of hydrogen-bond donors (Lipinski definition) is 2. The predicted molar refractivity (Wildman–Crippen MR) is 72.9 cm³/mol. The number of piperazine rings is 1. The summed E-state index contributed by atoms with van der Waals surface area (Å²) < 4.78 is 0. The molecule has 2 unspecified atom stereocenters. The van der Waals surface area contributed by atoms with Crippen LogP contribution in [0, 0.1) is 6.92 Å². The van der Waals surface area contributed by atoms with E-state index in [9.17, 15) is 0 Å². The molecule has 2 rings (SSSR count).